The molecule has 0 saturated carbocycles. The molecule has 0 radical (unpaired) electrons. The fourth-order valence-electron chi connectivity index (χ4n) is 2.03. The third-order valence-corrected chi connectivity index (χ3v) is 4.01. The second kappa shape index (κ2) is 3.33. The van der Waals surface area contributed by atoms with Gasteiger partial charge in [-0.2, -0.15) is 11.8 Å². The molecule has 0 aromatic carbocycles. The van der Waals surface area contributed by atoms with Crippen LogP contribution in [0.1, 0.15) is 12.8 Å². The zero-order chi connectivity index (χ0) is 7.68. The van der Waals surface area contributed by atoms with Crippen LogP contribution in [-0.4, -0.2) is 46.7 Å². The Labute approximate surface area is 72.0 Å². The van der Waals surface area contributed by atoms with E-state index in [1.54, 1.807) is 0 Å². The molecule has 2 aliphatic rings. The molecule has 2 unspecified atom stereocenters. The van der Waals surface area contributed by atoms with Crippen molar-refractivity contribution in [3.63, 3.8) is 0 Å². The largest absolute Gasteiger partial charge is 0.396 e. The van der Waals surface area contributed by atoms with Gasteiger partial charge >= 0.3 is 0 Å². The first-order chi connectivity index (χ1) is 5.40. The molecule has 2 aliphatic heterocycles. The van der Waals surface area contributed by atoms with Gasteiger partial charge in [0.15, 0.2) is 0 Å². The standard InChI is InChI=1S/C8H15NOS/c10-3-1-2-9-5-8-4-7(9)6-11-8/h7-8,10H,1-6H2. The molecule has 0 aliphatic carbocycles. The minimum atomic E-state index is 0.348. The van der Waals surface area contributed by atoms with E-state index in [1.807, 2.05) is 0 Å². The second-order valence-electron chi connectivity index (χ2n) is 3.42. The fourth-order valence-corrected chi connectivity index (χ4v) is 3.52. The number of hydrogen-bond donors (Lipinski definition) is 1. The molecule has 2 saturated heterocycles. The molecular weight excluding hydrogens is 158 g/mol. The summed E-state index contributed by atoms with van der Waals surface area (Å²) < 4.78 is 0. The van der Waals surface area contributed by atoms with Crippen molar-refractivity contribution in [3.05, 3.63) is 0 Å². The van der Waals surface area contributed by atoms with E-state index in [1.165, 1.54) is 18.7 Å². The molecule has 2 nitrogen and oxygen atoms in total. The highest BCUT2D eigenvalue weighted by Crippen LogP contribution is 2.37. The summed E-state index contributed by atoms with van der Waals surface area (Å²) >= 11 is 2.13. The van der Waals surface area contributed by atoms with Crippen molar-refractivity contribution in [1.82, 2.24) is 4.90 Å². The molecule has 64 valence electrons. The highest BCUT2D eigenvalue weighted by Gasteiger charge is 2.37. The predicted octanol–water partition coefficient (Wildman–Crippen LogP) is 0.558. The Morgan fingerprint density at radius 3 is 3.00 bits per heavy atom. The smallest absolute Gasteiger partial charge is 0.0443 e. The van der Waals surface area contributed by atoms with Gasteiger partial charge in [0.25, 0.3) is 0 Å². The maximum atomic E-state index is 8.66. The van der Waals surface area contributed by atoms with Gasteiger partial charge in [0, 0.05) is 36.7 Å². The molecule has 2 fully saturated rings. The number of hydrogen-bond acceptors (Lipinski definition) is 3. The molecule has 2 heterocycles. The van der Waals surface area contributed by atoms with Crippen molar-refractivity contribution in [2.24, 2.45) is 0 Å². The number of thioether (sulfide) groups is 1. The zero-order valence-electron chi connectivity index (χ0n) is 6.70. The van der Waals surface area contributed by atoms with E-state index < -0.39 is 0 Å². The van der Waals surface area contributed by atoms with Crippen LogP contribution in [0, 0.1) is 0 Å². The maximum absolute atomic E-state index is 8.66. The summed E-state index contributed by atoms with van der Waals surface area (Å²) in [5.74, 6) is 1.33. The lowest BCUT2D eigenvalue weighted by molar-refractivity contribution is 0.220. The van der Waals surface area contributed by atoms with Crippen LogP contribution in [-0.2, 0) is 0 Å². The van der Waals surface area contributed by atoms with E-state index in [2.05, 4.69) is 16.7 Å². The van der Waals surface area contributed by atoms with E-state index in [-0.39, 0.29) is 0 Å². The summed E-state index contributed by atoms with van der Waals surface area (Å²) in [5.41, 5.74) is 0. The third-order valence-electron chi connectivity index (χ3n) is 2.62. The molecular formula is C8H15NOS. The normalized spacial score (nSPS) is 36.8. The van der Waals surface area contributed by atoms with Crippen LogP contribution in [0.3, 0.4) is 0 Å². The average molecular weight is 173 g/mol. The van der Waals surface area contributed by atoms with Gasteiger partial charge in [-0.15, -0.1) is 0 Å². The number of aliphatic hydroxyl groups excluding tert-OH is 1. The third kappa shape index (κ3) is 1.55. The lowest BCUT2D eigenvalue weighted by Crippen LogP contribution is -2.34. The Bertz CT molecular complexity index is 142. The molecule has 2 bridgehead atoms. The van der Waals surface area contributed by atoms with Crippen LogP contribution in [0.2, 0.25) is 0 Å². The highest BCUT2D eigenvalue weighted by atomic mass is 32.2. The van der Waals surface area contributed by atoms with Crippen LogP contribution < -0.4 is 0 Å². The minimum absolute atomic E-state index is 0.348. The first-order valence-electron chi connectivity index (χ1n) is 4.36. The summed E-state index contributed by atoms with van der Waals surface area (Å²) in [6.45, 7) is 2.73. The zero-order valence-corrected chi connectivity index (χ0v) is 7.52. The molecule has 0 spiro atoms. The summed E-state index contributed by atoms with van der Waals surface area (Å²) in [6, 6.07) is 0.844. The molecule has 0 aromatic rings. The molecule has 1 N–H and O–H groups in total. The number of aliphatic hydroxyl groups is 1. The highest BCUT2D eigenvalue weighted by molar-refractivity contribution is 8.00. The van der Waals surface area contributed by atoms with Gasteiger partial charge in [0.2, 0.25) is 0 Å². The number of likely N-dealkylation sites (tertiary alicyclic amines) is 1. The fraction of sp³-hybridized carbons (Fsp3) is 1.00. The molecule has 11 heavy (non-hydrogen) atoms. The van der Waals surface area contributed by atoms with Crippen LogP contribution in [0.25, 0.3) is 0 Å². The van der Waals surface area contributed by atoms with Crippen molar-refractivity contribution in [1.29, 1.82) is 0 Å². The van der Waals surface area contributed by atoms with Gasteiger partial charge in [-0.05, 0) is 12.8 Å². The van der Waals surface area contributed by atoms with E-state index in [4.69, 9.17) is 5.11 Å². The van der Waals surface area contributed by atoms with E-state index in [0.29, 0.717) is 6.61 Å². The van der Waals surface area contributed by atoms with Crippen LogP contribution >= 0.6 is 11.8 Å². The monoisotopic (exact) mass is 173 g/mol. The molecule has 2 atom stereocenters. The Hall–Kier alpha value is 0.270. The SMILES string of the molecule is OCCCN1CC2CC1CS2. The van der Waals surface area contributed by atoms with E-state index >= 15 is 0 Å². The summed E-state index contributed by atoms with van der Waals surface area (Å²) in [7, 11) is 0. The Balaban J connectivity index is 1.78. The second-order valence-corrected chi connectivity index (χ2v) is 4.75. The minimum Gasteiger partial charge on any atom is -0.396 e. The quantitative estimate of drug-likeness (QED) is 0.674. The first-order valence-corrected chi connectivity index (χ1v) is 5.41. The van der Waals surface area contributed by atoms with Gasteiger partial charge in [-0.3, -0.25) is 4.90 Å². The Morgan fingerprint density at radius 2 is 2.45 bits per heavy atom. The maximum Gasteiger partial charge on any atom is 0.0443 e. The van der Waals surface area contributed by atoms with Gasteiger partial charge < -0.3 is 5.11 Å². The van der Waals surface area contributed by atoms with Crippen molar-refractivity contribution in [2.75, 3.05) is 25.4 Å². The first kappa shape index (κ1) is 7.90. The van der Waals surface area contributed by atoms with E-state index in [9.17, 15) is 0 Å². The van der Waals surface area contributed by atoms with Crippen molar-refractivity contribution >= 4 is 11.8 Å². The van der Waals surface area contributed by atoms with Gasteiger partial charge in [0.05, 0.1) is 0 Å². The lowest BCUT2D eigenvalue weighted by atomic mass is 10.2. The number of fused-ring (bicyclic) bond motifs is 2. The molecule has 3 heteroatoms. The molecule has 0 aromatic heterocycles. The summed E-state index contributed by atoms with van der Waals surface area (Å²) in [6.07, 6.45) is 2.35. The average Bonchev–Trinajstić information content (AvgIpc) is 2.60. The van der Waals surface area contributed by atoms with Gasteiger partial charge in [-0.25, -0.2) is 0 Å². The van der Waals surface area contributed by atoms with Crippen LogP contribution in [0.5, 0.6) is 0 Å². The van der Waals surface area contributed by atoms with Crippen molar-refractivity contribution in [2.45, 2.75) is 24.1 Å². The topological polar surface area (TPSA) is 23.5 Å². The van der Waals surface area contributed by atoms with Gasteiger partial charge in [-0.1, -0.05) is 0 Å². The predicted molar refractivity (Wildman–Crippen MR) is 47.9 cm³/mol. The Kier molecular flexibility index (Phi) is 2.39. The molecule has 0 amide bonds. The van der Waals surface area contributed by atoms with Crippen molar-refractivity contribution < 1.29 is 5.11 Å². The van der Waals surface area contributed by atoms with Gasteiger partial charge in [0.1, 0.15) is 0 Å². The van der Waals surface area contributed by atoms with Crippen molar-refractivity contribution in [3.8, 4) is 0 Å². The summed E-state index contributed by atoms with van der Waals surface area (Å²) in [4.78, 5) is 2.54. The van der Waals surface area contributed by atoms with Crippen LogP contribution in [0.4, 0.5) is 0 Å². The van der Waals surface area contributed by atoms with Crippen LogP contribution in [0.15, 0.2) is 0 Å². The Morgan fingerprint density at radius 1 is 1.55 bits per heavy atom. The number of nitrogens with zero attached hydrogens (tertiary/aromatic N) is 1. The number of rotatable bonds is 3. The molecule has 2 rings (SSSR count). The summed E-state index contributed by atoms with van der Waals surface area (Å²) in [5, 5.41) is 9.58. The van der Waals surface area contributed by atoms with E-state index in [0.717, 1.165) is 24.3 Å². The lowest BCUT2D eigenvalue weighted by Gasteiger charge is -2.25.